The van der Waals surface area contributed by atoms with E-state index in [1.807, 2.05) is 0 Å². The average molecular weight is 341 g/mol. The van der Waals surface area contributed by atoms with Gasteiger partial charge in [0.2, 0.25) is 0 Å². The van der Waals surface area contributed by atoms with Gasteiger partial charge in [-0.1, -0.05) is 0 Å². The van der Waals surface area contributed by atoms with E-state index in [0.29, 0.717) is 0 Å². The Kier molecular flexibility index (Phi) is 2.74. The minimum absolute atomic E-state index is 1.000. The Morgan fingerprint density at radius 2 is 0.800 bits per heavy atom. The molecule has 4 saturated carbocycles. The third-order valence-corrected chi connectivity index (χ3v) is 14.2. The summed E-state index contributed by atoms with van der Waals surface area (Å²) in [5.41, 5.74) is 0. The summed E-state index contributed by atoms with van der Waals surface area (Å²) in [7, 11) is 0. The zero-order valence-electron chi connectivity index (χ0n) is 11.5. The van der Waals surface area contributed by atoms with Gasteiger partial charge in [-0.15, -0.1) is 47.0 Å². The highest BCUT2D eigenvalue weighted by Crippen LogP contribution is 2.69. The van der Waals surface area contributed by atoms with E-state index >= 15 is 0 Å². The van der Waals surface area contributed by atoms with E-state index in [-0.39, 0.29) is 0 Å². The maximum atomic E-state index is 2.30. The molecule has 0 aromatic heterocycles. The lowest BCUT2D eigenvalue weighted by Crippen LogP contribution is -2.22. The molecule has 20 heavy (non-hydrogen) atoms. The van der Waals surface area contributed by atoms with Crippen LogP contribution in [-0.2, 0) is 0 Å². The molecule has 0 unspecified atom stereocenters. The van der Waals surface area contributed by atoms with Gasteiger partial charge in [0.1, 0.15) is 0 Å². The molecule has 4 heteroatoms. The fourth-order valence-corrected chi connectivity index (χ4v) is 13.9. The van der Waals surface area contributed by atoms with Gasteiger partial charge in [-0.3, -0.25) is 0 Å². The van der Waals surface area contributed by atoms with Crippen LogP contribution in [-0.4, -0.2) is 21.0 Å². The zero-order chi connectivity index (χ0) is 12.8. The summed E-state index contributed by atoms with van der Waals surface area (Å²) in [5.74, 6) is 4.31. The normalized spacial score (nSPS) is 58.8. The van der Waals surface area contributed by atoms with Gasteiger partial charge < -0.3 is 0 Å². The number of thioether (sulfide) groups is 4. The van der Waals surface area contributed by atoms with Crippen LogP contribution in [0.25, 0.3) is 0 Å². The molecule has 0 radical (unpaired) electrons. The minimum atomic E-state index is 1.000. The molecular formula is C16H20S4. The van der Waals surface area contributed by atoms with Crippen LogP contribution in [0.3, 0.4) is 0 Å². The van der Waals surface area contributed by atoms with Crippen LogP contribution in [0.1, 0.15) is 38.5 Å². The maximum Gasteiger partial charge on any atom is 0.0609 e. The van der Waals surface area contributed by atoms with E-state index in [1.54, 1.807) is 21.3 Å². The summed E-state index contributed by atoms with van der Waals surface area (Å²) in [6.07, 6.45) is 9.28. The highest BCUT2D eigenvalue weighted by molar-refractivity contribution is 8.31. The van der Waals surface area contributed by atoms with Crippen molar-refractivity contribution >= 4 is 47.0 Å². The molecule has 6 fully saturated rings. The van der Waals surface area contributed by atoms with E-state index in [9.17, 15) is 0 Å². The lowest BCUT2D eigenvalue weighted by molar-refractivity contribution is 0.508. The van der Waals surface area contributed by atoms with Crippen LogP contribution in [0, 0.1) is 23.7 Å². The van der Waals surface area contributed by atoms with E-state index < -0.39 is 0 Å². The summed E-state index contributed by atoms with van der Waals surface area (Å²) in [5, 5.41) is 4.00. The van der Waals surface area contributed by atoms with Gasteiger partial charge in [0, 0.05) is 21.0 Å². The Hall–Kier alpha value is 1.14. The first kappa shape index (κ1) is 12.5. The molecule has 6 aliphatic rings. The standard InChI is InChI=1S/C16H20S4/c1-2-8-5-7(1)11-12(8)18-15(17-11)16-19-13-9-3-4-10(6-9)14(13)20-16/h7-14H,1-6H2/t7-,8-,9-,10-,11-,12-,13+,14+/m0/s1. The van der Waals surface area contributed by atoms with E-state index in [4.69, 9.17) is 0 Å². The first-order valence-electron chi connectivity index (χ1n) is 8.28. The largest absolute Gasteiger partial charge is 0.113 e. The lowest BCUT2D eigenvalue weighted by atomic mass is 10.00. The zero-order valence-corrected chi connectivity index (χ0v) is 14.8. The second-order valence-electron chi connectivity index (χ2n) is 7.57. The van der Waals surface area contributed by atoms with Gasteiger partial charge in [0.25, 0.3) is 0 Å². The fourth-order valence-electron chi connectivity index (χ4n) is 5.77. The van der Waals surface area contributed by atoms with Crippen molar-refractivity contribution in [3.63, 3.8) is 0 Å². The molecule has 4 aliphatic carbocycles. The number of hydrogen-bond acceptors (Lipinski definition) is 4. The van der Waals surface area contributed by atoms with Crippen LogP contribution < -0.4 is 0 Å². The SMILES string of the molecule is C1C[C@H]2C[C@H]1[C@H]1SC(=C3S[C@H]4[C@H]5CC[C@@H](C5)[C@@H]4S3)S[C@H]21. The van der Waals surface area contributed by atoms with Crippen LogP contribution in [0.2, 0.25) is 0 Å². The monoisotopic (exact) mass is 340 g/mol. The van der Waals surface area contributed by atoms with Crippen molar-refractivity contribution in [3.05, 3.63) is 8.47 Å². The molecule has 0 amide bonds. The van der Waals surface area contributed by atoms with Crippen molar-refractivity contribution in [2.24, 2.45) is 23.7 Å². The van der Waals surface area contributed by atoms with Crippen molar-refractivity contribution in [2.75, 3.05) is 0 Å². The van der Waals surface area contributed by atoms with Crippen molar-refractivity contribution in [3.8, 4) is 0 Å². The lowest BCUT2D eigenvalue weighted by Gasteiger charge is -2.21. The van der Waals surface area contributed by atoms with Crippen molar-refractivity contribution in [2.45, 2.75) is 59.5 Å². The summed E-state index contributed by atoms with van der Waals surface area (Å²) >= 11 is 9.22. The Labute approximate surface area is 138 Å². The molecule has 4 bridgehead atoms. The first-order valence-corrected chi connectivity index (χ1v) is 11.8. The second-order valence-corrected chi connectivity index (χ2v) is 12.8. The number of rotatable bonds is 0. The smallest absolute Gasteiger partial charge is 0.0609 e. The predicted octanol–water partition coefficient (Wildman–Crippen LogP) is 5.41. The van der Waals surface area contributed by atoms with E-state index in [1.165, 1.54) is 25.7 Å². The van der Waals surface area contributed by atoms with Gasteiger partial charge in [-0.25, -0.2) is 0 Å². The third kappa shape index (κ3) is 1.58. The molecule has 2 saturated heterocycles. The summed E-state index contributed by atoms with van der Waals surface area (Å²) in [4.78, 5) is 0. The summed E-state index contributed by atoms with van der Waals surface area (Å²) in [6, 6.07) is 0. The molecule has 8 atom stereocenters. The van der Waals surface area contributed by atoms with Crippen LogP contribution in [0.4, 0.5) is 0 Å². The van der Waals surface area contributed by atoms with Gasteiger partial charge >= 0.3 is 0 Å². The first-order chi connectivity index (χ1) is 9.87. The van der Waals surface area contributed by atoms with Crippen molar-refractivity contribution in [1.82, 2.24) is 0 Å². The van der Waals surface area contributed by atoms with E-state index in [0.717, 1.165) is 44.7 Å². The predicted molar refractivity (Wildman–Crippen MR) is 94.2 cm³/mol. The highest BCUT2D eigenvalue weighted by Gasteiger charge is 2.56. The molecule has 6 rings (SSSR count). The Bertz CT molecular complexity index is 417. The molecule has 108 valence electrons. The number of hydrogen-bond donors (Lipinski definition) is 0. The fraction of sp³-hybridized carbons (Fsp3) is 0.875. The Morgan fingerprint density at radius 1 is 0.500 bits per heavy atom. The second kappa shape index (κ2) is 4.36. The molecule has 0 N–H and O–H groups in total. The Morgan fingerprint density at radius 3 is 1.10 bits per heavy atom. The van der Waals surface area contributed by atoms with Crippen LogP contribution >= 0.6 is 47.0 Å². The van der Waals surface area contributed by atoms with Gasteiger partial charge in [0.05, 0.1) is 8.47 Å². The topological polar surface area (TPSA) is 0 Å². The van der Waals surface area contributed by atoms with Gasteiger partial charge in [0.15, 0.2) is 0 Å². The van der Waals surface area contributed by atoms with Crippen molar-refractivity contribution in [1.29, 1.82) is 0 Å². The summed E-state index contributed by atoms with van der Waals surface area (Å²) in [6.45, 7) is 0. The maximum absolute atomic E-state index is 2.30. The molecular weight excluding hydrogens is 320 g/mol. The van der Waals surface area contributed by atoms with Crippen LogP contribution in [0.15, 0.2) is 8.47 Å². The minimum Gasteiger partial charge on any atom is -0.113 e. The Balaban J connectivity index is 1.29. The number of fused-ring (bicyclic) bond motifs is 10. The summed E-state index contributed by atoms with van der Waals surface area (Å²) < 4.78 is 3.53. The van der Waals surface area contributed by atoms with E-state index in [2.05, 4.69) is 47.0 Å². The average Bonchev–Trinajstić information content (AvgIpc) is 3.22. The quantitative estimate of drug-likeness (QED) is 0.578. The molecule has 0 aromatic carbocycles. The van der Waals surface area contributed by atoms with Gasteiger partial charge in [-0.2, -0.15) is 0 Å². The molecule has 0 aromatic rings. The molecule has 2 heterocycles. The van der Waals surface area contributed by atoms with Gasteiger partial charge in [-0.05, 0) is 62.2 Å². The molecule has 0 nitrogen and oxygen atoms in total. The molecule has 0 spiro atoms. The molecule has 2 aliphatic heterocycles. The van der Waals surface area contributed by atoms with Crippen LogP contribution in [0.5, 0.6) is 0 Å². The highest BCUT2D eigenvalue weighted by atomic mass is 32.2. The van der Waals surface area contributed by atoms with Crippen molar-refractivity contribution < 1.29 is 0 Å². The third-order valence-electron chi connectivity index (χ3n) is 6.67.